The number of carbonyl (C=O) groups excluding carboxylic acids is 1. The smallest absolute Gasteiger partial charge is 0.389 e. The van der Waals surface area contributed by atoms with E-state index in [0.717, 1.165) is 30.2 Å². The number of rotatable bonds is 7. The minimum absolute atomic E-state index is 0.00198. The normalized spacial score (nSPS) is 18.7. The topological polar surface area (TPSA) is 90.4 Å². The molecule has 37 heavy (non-hydrogen) atoms. The van der Waals surface area contributed by atoms with E-state index in [1.54, 1.807) is 18.7 Å². The van der Waals surface area contributed by atoms with Crippen LogP contribution in [0.4, 0.5) is 19.0 Å². The number of carbonyl (C=O) groups is 1. The van der Waals surface area contributed by atoms with Crippen LogP contribution in [-0.4, -0.2) is 55.6 Å². The maximum Gasteiger partial charge on any atom is 0.417 e. The van der Waals surface area contributed by atoms with Gasteiger partial charge in [-0.15, -0.1) is 11.3 Å². The maximum absolute atomic E-state index is 14.3. The molecule has 3 rings (SSSR count). The van der Waals surface area contributed by atoms with Crippen LogP contribution in [0.25, 0.3) is 10.4 Å². The summed E-state index contributed by atoms with van der Waals surface area (Å²) in [5, 5.41) is 17.0. The van der Waals surface area contributed by atoms with Gasteiger partial charge in [0.2, 0.25) is 0 Å². The van der Waals surface area contributed by atoms with E-state index in [4.69, 9.17) is 0 Å². The highest BCUT2D eigenvalue weighted by molar-refractivity contribution is 7.15. The van der Waals surface area contributed by atoms with Crippen LogP contribution in [0.5, 0.6) is 0 Å². The number of hydrogen-bond acceptors (Lipinski definition) is 7. The molecule has 0 aliphatic carbocycles. The number of thiazole rings is 1. The number of hydrogen-bond donors (Lipinski definition) is 3. The van der Waals surface area contributed by atoms with E-state index in [2.05, 4.69) is 20.6 Å². The Kier molecular flexibility index (Phi) is 8.31. The van der Waals surface area contributed by atoms with E-state index in [0.29, 0.717) is 11.6 Å². The fourth-order valence-corrected chi connectivity index (χ4v) is 5.29. The molecule has 1 amide bonds. The molecule has 1 unspecified atom stereocenters. The number of pyridine rings is 1. The van der Waals surface area contributed by atoms with Crippen molar-refractivity contribution in [1.82, 2.24) is 20.2 Å². The van der Waals surface area contributed by atoms with Crippen molar-refractivity contribution in [2.75, 3.05) is 11.9 Å². The molecule has 7 nitrogen and oxygen atoms in total. The average Bonchev–Trinajstić information content (AvgIpc) is 3.37. The second-order valence-corrected chi connectivity index (χ2v) is 12.5. The average molecular weight is 542 g/mol. The summed E-state index contributed by atoms with van der Waals surface area (Å²) >= 11 is 1.05. The third-order valence-electron chi connectivity index (χ3n) is 6.55. The van der Waals surface area contributed by atoms with Crippen molar-refractivity contribution in [2.45, 2.75) is 104 Å². The minimum Gasteiger partial charge on any atom is -0.389 e. The number of halogens is 3. The maximum atomic E-state index is 14.3. The molecule has 2 aromatic heterocycles. The summed E-state index contributed by atoms with van der Waals surface area (Å²) in [4.78, 5) is 24.2. The monoisotopic (exact) mass is 541 g/mol. The molecule has 1 aliphatic rings. The summed E-state index contributed by atoms with van der Waals surface area (Å²) in [6.07, 6.45) is -1.82. The quantitative estimate of drug-likeness (QED) is 0.406. The fourth-order valence-electron chi connectivity index (χ4n) is 4.19. The molecule has 206 valence electrons. The second-order valence-electron chi connectivity index (χ2n) is 11.5. The van der Waals surface area contributed by atoms with Gasteiger partial charge in [-0.1, -0.05) is 0 Å². The molecule has 0 radical (unpaired) electrons. The van der Waals surface area contributed by atoms with Gasteiger partial charge < -0.3 is 20.6 Å². The van der Waals surface area contributed by atoms with E-state index < -0.39 is 28.9 Å². The molecule has 3 atom stereocenters. The number of aliphatic hydroxyl groups is 1. The molecule has 1 aliphatic heterocycles. The van der Waals surface area contributed by atoms with Crippen LogP contribution in [0.3, 0.4) is 0 Å². The van der Waals surface area contributed by atoms with Gasteiger partial charge in [-0.2, -0.15) is 13.2 Å². The van der Waals surface area contributed by atoms with Gasteiger partial charge in [0.15, 0.2) is 0 Å². The lowest BCUT2D eigenvalue weighted by Gasteiger charge is -2.29. The van der Waals surface area contributed by atoms with Gasteiger partial charge in [0.05, 0.1) is 22.1 Å². The highest BCUT2D eigenvalue weighted by Crippen LogP contribution is 2.43. The molecule has 11 heteroatoms. The SMILES string of the molecule is CC(N[C@H](C)C(C)(C)O)c1nc(C(=O)N2CCC[C@@H]2C)c(-c2cnc(NC(C)(C)C)cc2C(F)(F)F)s1. The summed E-state index contributed by atoms with van der Waals surface area (Å²) < 4.78 is 42.9. The Morgan fingerprint density at radius 3 is 2.38 bits per heavy atom. The van der Waals surface area contributed by atoms with Crippen molar-refractivity contribution < 1.29 is 23.1 Å². The van der Waals surface area contributed by atoms with Crippen LogP contribution in [0.2, 0.25) is 0 Å². The van der Waals surface area contributed by atoms with E-state index in [9.17, 15) is 23.1 Å². The van der Waals surface area contributed by atoms with Crippen LogP contribution < -0.4 is 10.6 Å². The largest absolute Gasteiger partial charge is 0.417 e. The van der Waals surface area contributed by atoms with Gasteiger partial charge in [-0.05, 0) is 74.3 Å². The number of amides is 1. The first-order chi connectivity index (χ1) is 16.9. The standard InChI is InChI=1S/C26H38F3N5O2S/c1-14-10-9-11-34(14)23(35)20-21(37-22(32-20)15(2)31-16(3)25(7,8)36)17-13-30-19(33-24(4,5)6)12-18(17)26(27,28)29/h12-16,31,36H,9-11H2,1-8H3,(H,30,33)/t14-,15?,16+/m0/s1. The second kappa shape index (κ2) is 10.5. The Bertz CT molecular complexity index is 1120. The third-order valence-corrected chi connectivity index (χ3v) is 7.82. The van der Waals surface area contributed by atoms with Gasteiger partial charge in [-0.25, -0.2) is 9.97 Å². The molecule has 1 fully saturated rings. The number of aromatic nitrogens is 2. The van der Waals surface area contributed by atoms with Crippen molar-refractivity contribution in [2.24, 2.45) is 0 Å². The van der Waals surface area contributed by atoms with Gasteiger partial charge >= 0.3 is 6.18 Å². The summed E-state index contributed by atoms with van der Waals surface area (Å²) in [5.41, 5.74) is -2.56. The Morgan fingerprint density at radius 1 is 1.22 bits per heavy atom. The Balaban J connectivity index is 2.14. The third kappa shape index (κ3) is 7.00. The number of nitrogens with zero attached hydrogens (tertiary/aromatic N) is 3. The Hall–Kier alpha value is -2.24. The molecule has 0 spiro atoms. The van der Waals surface area contributed by atoms with Gasteiger partial charge in [-0.3, -0.25) is 4.79 Å². The number of nitrogens with one attached hydrogen (secondary N) is 2. The fraction of sp³-hybridized carbons (Fsp3) is 0.654. The number of anilines is 1. The summed E-state index contributed by atoms with van der Waals surface area (Å²) in [6.45, 7) is 14.9. The van der Waals surface area contributed by atoms with Crippen LogP contribution in [0.15, 0.2) is 12.3 Å². The first-order valence-electron chi connectivity index (χ1n) is 12.5. The first-order valence-corrected chi connectivity index (χ1v) is 13.4. The lowest BCUT2D eigenvalue weighted by molar-refractivity contribution is -0.137. The Labute approximate surface area is 220 Å². The van der Waals surface area contributed by atoms with Crippen molar-refractivity contribution in [3.63, 3.8) is 0 Å². The number of alkyl halides is 3. The van der Waals surface area contributed by atoms with Crippen molar-refractivity contribution in [1.29, 1.82) is 0 Å². The predicted octanol–water partition coefficient (Wildman–Crippen LogP) is 5.87. The molecule has 1 saturated heterocycles. The zero-order chi connectivity index (χ0) is 27.9. The lowest BCUT2D eigenvalue weighted by atomic mass is 10.0. The van der Waals surface area contributed by atoms with Crippen molar-refractivity contribution in [3.05, 3.63) is 28.5 Å². The predicted molar refractivity (Wildman–Crippen MR) is 141 cm³/mol. The van der Waals surface area contributed by atoms with Gasteiger partial charge in [0.25, 0.3) is 5.91 Å². The molecule has 3 heterocycles. The molecule has 2 aromatic rings. The molecule has 0 bridgehead atoms. The van der Waals surface area contributed by atoms with E-state index in [1.165, 1.54) is 6.20 Å². The van der Waals surface area contributed by atoms with E-state index in [1.807, 2.05) is 41.5 Å². The molecular formula is C26H38F3N5O2S. The summed E-state index contributed by atoms with van der Waals surface area (Å²) in [7, 11) is 0. The van der Waals surface area contributed by atoms with Gasteiger partial charge in [0, 0.05) is 35.9 Å². The van der Waals surface area contributed by atoms with Crippen molar-refractivity contribution >= 4 is 23.1 Å². The van der Waals surface area contributed by atoms with E-state index >= 15 is 0 Å². The summed E-state index contributed by atoms with van der Waals surface area (Å²) in [6, 6.07) is 0.231. The highest BCUT2D eigenvalue weighted by Gasteiger charge is 2.38. The first kappa shape index (κ1) is 29.3. The zero-order valence-electron chi connectivity index (χ0n) is 22.7. The van der Waals surface area contributed by atoms with E-state index in [-0.39, 0.29) is 39.9 Å². The minimum atomic E-state index is -4.67. The van der Waals surface area contributed by atoms with Crippen LogP contribution in [-0.2, 0) is 6.18 Å². The summed E-state index contributed by atoms with van der Waals surface area (Å²) in [5.74, 6) is -0.279. The molecule has 0 saturated carbocycles. The van der Waals surface area contributed by atoms with Crippen LogP contribution >= 0.6 is 11.3 Å². The van der Waals surface area contributed by atoms with Crippen LogP contribution in [0, 0.1) is 0 Å². The van der Waals surface area contributed by atoms with Crippen LogP contribution in [0.1, 0.15) is 95.3 Å². The zero-order valence-corrected chi connectivity index (χ0v) is 23.6. The highest BCUT2D eigenvalue weighted by atomic mass is 32.1. The molecular weight excluding hydrogens is 503 g/mol. The number of likely N-dealkylation sites (tertiary alicyclic amines) is 1. The van der Waals surface area contributed by atoms with Gasteiger partial charge in [0.1, 0.15) is 16.5 Å². The van der Waals surface area contributed by atoms with Crippen molar-refractivity contribution in [3.8, 4) is 10.4 Å². The molecule has 0 aromatic carbocycles. The molecule has 3 N–H and O–H groups in total. The lowest BCUT2D eigenvalue weighted by Crippen LogP contribution is -2.45. The Morgan fingerprint density at radius 2 is 1.86 bits per heavy atom.